The van der Waals surface area contributed by atoms with Crippen LogP contribution in [0.15, 0.2) is 96.0 Å². The second-order valence-electron chi connectivity index (χ2n) is 6.35. The summed E-state index contributed by atoms with van der Waals surface area (Å²) in [6, 6.07) is 30.9. The second-order valence-corrected chi connectivity index (χ2v) is 7.10. The third-order valence-electron chi connectivity index (χ3n) is 4.48. The zero-order chi connectivity index (χ0) is 19.5. The van der Waals surface area contributed by atoms with Gasteiger partial charge in [-0.05, 0) is 35.6 Å². The van der Waals surface area contributed by atoms with Crippen LogP contribution in [0.4, 0.5) is 17.2 Å². The second kappa shape index (κ2) is 9.20. The van der Waals surface area contributed by atoms with Gasteiger partial charge in [-0.2, -0.15) is 22.8 Å². The van der Waals surface area contributed by atoms with Gasteiger partial charge in [0.05, 0.1) is 0 Å². The fourth-order valence-electron chi connectivity index (χ4n) is 3.16. The Kier molecular flexibility index (Phi) is 6.22. The molecule has 3 aromatic heterocycles. The average Bonchev–Trinajstić information content (AvgIpc) is 3.50. The fraction of sp³-hybridized carbons (Fsp3) is 0. The Labute approximate surface area is 193 Å². The molecule has 30 heavy (non-hydrogen) atoms. The molecule has 0 radical (unpaired) electrons. The molecule has 0 saturated heterocycles. The normalized spacial score (nSPS) is 10.4. The number of hydrogen-bond donors (Lipinski definition) is 0. The first-order valence-corrected chi connectivity index (χ1v) is 10.1. The molecule has 0 saturated carbocycles. The van der Waals surface area contributed by atoms with E-state index in [0.29, 0.717) is 0 Å². The molecule has 0 N–H and O–H groups in total. The van der Waals surface area contributed by atoms with Crippen molar-refractivity contribution < 1.29 is 21.1 Å². The third kappa shape index (κ3) is 4.13. The molecule has 148 valence electrons. The van der Waals surface area contributed by atoms with Gasteiger partial charge >= 0.3 is 21.1 Å². The number of para-hydroxylation sites is 1. The van der Waals surface area contributed by atoms with E-state index in [9.17, 15) is 0 Å². The van der Waals surface area contributed by atoms with Gasteiger partial charge in [-0.15, -0.1) is 23.6 Å². The summed E-state index contributed by atoms with van der Waals surface area (Å²) in [4.78, 5) is 7.02. The average molecular weight is 588 g/mol. The minimum atomic E-state index is 0. The van der Waals surface area contributed by atoms with Crippen LogP contribution in [-0.4, -0.2) is 14.8 Å². The SMILES string of the molecule is [Pt+2].[c-]1cscc1-c1cccc(N(c2[c-]c(-n3cccn3)ccc2)c2ccccc2)n1. The van der Waals surface area contributed by atoms with E-state index in [4.69, 9.17) is 4.98 Å². The van der Waals surface area contributed by atoms with Gasteiger partial charge < -0.3 is 4.90 Å². The van der Waals surface area contributed by atoms with Crippen LogP contribution < -0.4 is 4.90 Å². The summed E-state index contributed by atoms with van der Waals surface area (Å²) >= 11 is 1.62. The van der Waals surface area contributed by atoms with Crippen molar-refractivity contribution >= 4 is 28.5 Å². The molecule has 0 amide bonds. The van der Waals surface area contributed by atoms with E-state index < -0.39 is 0 Å². The Morgan fingerprint density at radius 1 is 0.900 bits per heavy atom. The number of nitrogens with zero attached hydrogens (tertiary/aromatic N) is 4. The van der Waals surface area contributed by atoms with Gasteiger partial charge in [0.15, 0.2) is 0 Å². The smallest absolute Gasteiger partial charge is 0.320 e. The van der Waals surface area contributed by atoms with Crippen molar-refractivity contribution in [3.63, 3.8) is 0 Å². The first-order chi connectivity index (χ1) is 14.4. The molecule has 6 heteroatoms. The maximum Gasteiger partial charge on any atom is 2.00 e. The number of aromatic nitrogens is 3. The predicted octanol–water partition coefficient (Wildman–Crippen LogP) is 6.06. The minimum absolute atomic E-state index is 0. The summed E-state index contributed by atoms with van der Waals surface area (Å²) in [6.07, 6.45) is 3.67. The molecule has 0 bridgehead atoms. The van der Waals surface area contributed by atoms with E-state index >= 15 is 0 Å². The summed E-state index contributed by atoms with van der Waals surface area (Å²) in [6.45, 7) is 0. The summed E-state index contributed by atoms with van der Waals surface area (Å²) in [5.41, 5.74) is 4.67. The number of pyridine rings is 1. The Bertz CT molecular complexity index is 1130. The quantitative estimate of drug-likeness (QED) is 0.235. The molecule has 5 aromatic rings. The van der Waals surface area contributed by atoms with E-state index in [1.54, 1.807) is 22.2 Å². The van der Waals surface area contributed by atoms with Crippen LogP contribution in [0.2, 0.25) is 0 Å². The Morgan fingerprint density at radius 2 is 1.77 bits per heavy atom. The van der Waals surface area contributed by atoms with Gasteiger partial charge in [-0.3, -0.25) is 9.67 Å². The summed E-state index contributed by atoms with van der Waals surface area (Å²) < 4.78 is 1.80. The number of hydrogen-bond acceptors (Lipinski definition) is 4. The van der Waals surface area contributed by atoms with Gasteiger partial charge in [0, 0.05) is 18.1 Å². The minimum Gasteiger partial charge on any atom is -0.320 e. The molecule has 0 unspecified atom stereocenters. The van der Waals surface area contributed by atoms with Crippen molar-refractivity contribution in [3.05, 3.63) is 108 Å². The first kappa shape index (κ1) is 20.3. The van der Waals surface area contributed by atoms with Gasteiger partial charge in [-0.25, -0.2) is 11.3 Å². The number of benzene rings is 2. The van der Waals surface area contributed by atoms with Crippen LogP contribution >= 0.6 is 11.3 Å². The van der Waals surface area contributed by atoms with Crippen molar-refractivity contribution in [2.45, 2.75) is 0 Å². The van der Waals surface area contributed by atoms with E-state index in [1.165, 1.54) is 0 Å². The molecular weight excluding hydrogens is 571 g/mol. The Hall–Kier alpha value is -3.01. The molecular formula is C24H16N4PtS. The van der Waals surface area contributed by atoms with Crippen molar-refractivity contribution in [2.24, 2.45) is 0 Å². The standard InChI is InChI=1S/C24H16N4S.Pt/c1-2-7-20(8-3-1)28(22-10-4-9-21(17-22)27-15-6-14-25-27)24-12-5-11-23(26-24)19-13-16-29-18-19;/h1-12,14-16,18H;/q-2;+2. The fourth-order valence-corrected chi connectivity index (χ4v) is 3.75. The number of rotatable bonds is 5. The Balaban J connectivity index is 0.00000218. The molecule has 0 atom stereocenters. The molecule has 5 rings (SSSR count). The van der Waals surface area contributed by atoms with Crippen molar-refractivity contribution in [3.8, 4) is 16.9 Å². The summed E-state index contributed by atoms with van der Waals surface area (Å²) in [5, 5.41) is 8.33. The first-order valence-electron chi connectivity index (χ1n) is 9.17. The Morgan fingerprint density at radius 3 is 2.53 bits per heavy atom. The molecule has 0 fully saturated rings. The van der Waals surface area contributed by atoms with E-state index in [0.717, 1.165) is 34.1 Å². The number of anilines is 3. The van der Waals surface area contributed by atoms with E-state index in [-0.39, 0.29) is 21.1 Å². The predicted molar refractivity (Wildman–Crippen MR) is 117 cm³/mol. The third-order valence-corrected chi connectivity index (χ3v) is 5.10. The molecule has 0 spiro atoms. The molecule has 0 aliphatic heterocycles. The van der Waals surface area contributed by atoms with Crippen molar-refractivity contribution in [2.75, 3.05) is 4.90 Å². The van der Waals surface area contributed by atoms with Gasteiger partial charge in [0.1, 0.15) is 5.82 Å². The molecule has 3 heterocycles. The molecule has 0 aliphatic rings. The van der Waals surface area contributed by atoms with Crippen LogP contribution in [-0.2, 0) is 21.1 Å². The molecule has 2 aromatic carbocycles. The summed E-state index contributed by atoms with van der Waals surface area (Å²) in [5.74, 6) is 0.821. The zero-order valence-electron chi connectivity index (χ0n) is 15.8. The van der Waals surface area contributed by atoms with Crippen LogP contribution in [0, 0.1) is 12.1 Å². The van der Waals surface area contributed by atoms with E-state index in [1.807, 2.05) is 72.2 Å². The zero-order valence-corrected chi connectivity index (χ0v) is 18.8. The topological polar surface area (TPSA) is 34.0 Å². The monoisotopic (exact) mass is 587 g/mol. The van der Waals surface area contributed by atoms with Crippen molar-refractivity contribution in [1.29, 1.82) is 0 Å². The van der Waals surface area contributed by atoms with Gasteiger partial charge in [0.2, 0.25) is 0 Å². The van der Waals surface area contributed by atoms with Crippen LogP contribution in [0.1, 0.15) is 0 Å². The molecule has 4 nitrogen and oxygen atoms in total. The van der Waals surface area contributed by atoms with Crippen LogP contribution in [0.5, 0.6) is 0 Å². The van der Waals surface area contributed by atoms with Crippen LogP contribution in [0.25, 0.3) is 16.9 Å². The van der Waals surface area contributed by atoms with E-state index in [2.05, 4.69) is 39.6 Å². The maximum atomic E-state index is 4.92. The number of thiophene rings is 1. The van der Waals surface area contributed by atoms with Crippen molar-refractivity contribution in [1.82, 2.24) is 14.8 Å². The van der Waals surface area contributed by atoms with Crippen LogP contribution in [0.3, 0.4) is 0 Å². The summed E-state index contributed by atoms with van der Waals surface area (Å²) in [7, 11) is 0. The largest absolute Gasteiger partial charge is 2.00 e. The maximum absolute atomic E-state index is 4.92. The van der Waals surface area contributed by atoms with Gasteiger partial charge in [0.25, 0.3) is 0 Å². The van der Waals surface area contributed by atoms with Gasteiger partial charge in [-0.1, -0.05) is 41.4 Å². The molecule has 0 aliphatic carbocycles.